The summed E-state index contributed by atoms with van der Waals surface area (Å²) in [5.74, 6) is 0.552. The Kier molecular flexibility index (Phi) is 7.39. The number of benzene rings is 2. The fraction of sp³-hybridized carbons (Fsp3) is 0.294. The smallest absolute Gasteiger partial charge is 0.336 e. The minimum absolute atomic E-state index is 0.0663. The van der Waals surface area contributed by atoms with Gasteiger partial charge >= 0.3 is 10.3 Å². The van der Waals surface area contributed by atoms with Gasteiger partial charge in [0.05, 0.1) is 0 Å². The first-order valence-corrected chi connectivity index (χ1v) is 9.86. The fourth-order valence-corrected chi connectivity index (χ4v) is 3.30. The second-order valence-electron chi connectivity index (χ2n) is 5.49. The van der Waals surface area contributed by atoms with Crippen molar-refractivity contribution >= 4 is 26.2 Å². The van der Waals surface area contributed by atoms with E-state index in [2.05, 4.69) is 15.9 Å². The van der Waals surface area contributed by atoms with Crippen molar-refractivity contribution in [2.45, 2.75) is 12.5 Å². The Bertz CT molecular complexity index is 770. The highest BCUT2D eigenvalue weighted by Crippen LogP contribution is 2.18. The van der Waals surface area contributed by atoms with Crippen molar-refractivity contribution in [3.8, 4) is 5.75 Å². The Morgan fingerprint density at radius 2 is 1.84 bits per heavy atom. The first-order valence-electron chi connectivity index (χ1n) is 7.67. The van der Waals surface area contributed by atoms with Crippen molar-refractivity contribution in [2.24, 2.45) is 0 Å². The molecule has 6 nitrogen and oxygen atoms in total. The molecule has 0 amide bonds. The zero-order valence-electron chi connectivity index (χ0n) is 13.5. The number of nitrogens with zero attached hydrogens (tertiary/aromatic N) is 1. The van der Waals surface area contributed by atoms with Crippen LogP contribution in [0.15, 0.2) is 59.1 Å². The number of aliphatic hydroxyl groups is 1. The number of aliphatic hydroxyl groups excluding tert-OH is 1. The average molecular weight is 430 g/mol. The SMILES string of the molecule is O=S(=O)(O)N(CCc1ccccc1)C[C@@H](O)COc1cccc(Br)c1. The molecule has 0 radical (unpaired) electrons. The third-order valence-corrected chi connectivity index (χ3v) is 4.95. The summed E-state index contributed by atoms with van der Waals surface area (Å²) < 4.78 is 39.5. The summed E-state index contributed by atoms with van der Waals surface area (Å²) in [6.07, 6.45) is -0.642. The highest BCUT2D eigenvalue weighted by atomic mass is 79.9. The zero-order chi connectivity index (χ0) is 18.3. The molecule has 0 saturated heterocycles. The summed E-state index contributed by atoms with van der Waals surface area (Å²) in [6.45, 7) is -0.274. The van der Waals surface area contributed by atoms with E-state index in [0.717, 1.165) is 14.3 Å². The van der Waals surface area contributed by atoms with Crippen LogP contribution in [0, 0.1) is 0 Å². The lowest BCUT2D eigenvalue weighted by molar-refractivity contribution is 0.0874. The van der Waals surface area contributed by atoms with Gasteiger partial charge in [-0.25, -0.2) is 0 Å². The van der Waals surface area contributed by atoms with Crippen LogP contribution in [0.2, 0.25) is 0 Å². The number of hydrogen-bond donors (Lipinski definition) is 2. The summed E-state index contributed by atoms with van der Waals surface area (Å²) in [4.78, 5) is 0. The number of hydrogen-bond acceptors (Lipinski definition) is 4. The molecule has 2 rings (SSSR count). The largest absolute Gasteiger partial charge is 0.491 e. The van der Waals surface area contributed by atoms with Crippen molar-refractivity contribution in [2.75, 3.05) is 19.7 Å². The van der Waals surface area contributed by atoms with Gasteiger partial charge in [0.25, 0.3) is 0 Å². The maximum atomic E-state index is 11.5. The monoisotopic (exact) mass is 429 g/mol. The molecule has 0 fully saturated rings. The average Bonchev–Trinajstić information content (AvgIpc) is 2.57. The van der Waals surface area contributed by atoms with Gasteiger partial charge in [-0.2, -0.15) is 12.7 Å². The topological polar surface area (TPSA) is 87.1 Å². The highest BCUT2D eigenvalue weighted by molar-refractivity contribution is 9.10. The lowest BCUT2D eigenvalue weighted by Crippen LogP contribution is -2.40. The summed E-state index contributed by atoms with van der Waals surface area (Å²) in [7, 11) is -4.41. The Morgan fingerprint density at radius 1 is 1.12 bits per heavy atom. The van der Waals surface area contributed by atoms with Crippen LogP contribution in [0.4, 0.5) is 0 Å². The predicted octanol–water partition coefficient (Wildman–Crippen LogP) is 2.54. The normalized spacial score (nSPS) is 13.0. The van der Waals surface area contributed by atoms with E-state index in [-0.39, 0.29) is 19.7 Å². The third kappa shape index (κ3) is 7.13. The molecule has 0 unspecified atom stereocenters. The summed E-state index contributed by atoms with van der Waals surface area (Å²) in [6, 6.07) is 16.4. The van der Waals surface area contributed by atoms with Crippen LogP contribution in [0.1, 0.15) is 5.56 Å². The standard InChI is InChI=1S/C17H20BrNO5S/c18-15-7-4-8-17(11-15)24-13-16(20)12-19(25(21,22)23)10-9-14-5-2-1-3-6-14/h1-8,11,16,20H,9-10,12-13H2,(H,21,22,23)/t16-/m1/s1. The molecule has 0 spiro atoms. The number of halogens is 1. The maximum absolute atomic E-state index is 11.5. The molecule has 0 aliphatic heterocycles. The van der Waals surface area contributed by atoms with Crippen molar-refractivity contribution < 1.29 is 22.8 Å². The van der Waals surface area contributed by atoms with Crippen LogP contribution in [0.3, 0.4) is 0 Å². The maximum Gasteiger partial charge on any atom is 0.336 e. The molecule has 0 saturated carbocycles. The molecule has 2 aromatic rings. The fourth-order valence-electron chi connectivity index (χ4n) is 2.24. The molecule has 8 heteroatoms. The summed E-state index contributed by atoms with van der Waals surface area (Å²) in [5.41, 5.74) is 0.941. The molecule has 0 heterocycles. The van der Waals surface area contributed by atoms with E-state index in [9.17, 15) is 18.1 Å². The van der Waals surface area contributed by atoms with Crippen molar-refractivity contribution in [3.63, 3.8) is 0 Å². The van der Waals surface area contributed by atoms with E-state index in [1.807, 2.05) is 36.4 Å². The van der Waals surface area contributed by atoms with E-state index >= 15 is 0 Å². The second-order valence-corrected chi connectivity index (χ2v) is 7.82. The lowest BCUT2D eigenvalue weighted by Gasteiger charge is -2.22. The van der Waals surface area contributed by atoms with Gasteiger partial charge in [-0.3, -0.25) is 4.55 Å². The minimum Gasteiger partial charge on any atom is -0.491 e. The molecule has 0 aliphatic rings. The van der Waals surface area contributed by atoms with E-state index in [1.165, 1.54) is 0 Å². The van der Waals surface area contributed by atoms with Crippen LogP contribution >= 0.6 is 15.9 Å². The van der Waals surface area contributed by atoms with Gasteiger partial charge in [0.15, 0.2) is 0 Å². The van der Waals surface area contributed by atoms with Crippen molar-refractivity contribution in [1.82, 2.24) is 4.31 Å². The van der Waals surface area contributed by atoms with Crippen LogP contribution in [0.5, 0.6) is 5.75 Å². The first-order chi connectivity index (χ1) is 11.8. The Balaban J connectivity index is 1.90. The van der Waals surface area contributed by atoms with Crippen molar-refractivity contribution in [3.05, 3.63) is 64.6 Å². The number of ether oxygens (including phenoxy) is 1. The van der Waals surface area contributed by atoms with E-state index in [0.29, 0.717) is 12.2 Å². The van der Waals surface area contributed by atoms with E-state index in [4.69, 9.17) is 4.74 Å². The molecule has 0 aliphatic carbocycles. The van der Waals surface area contributed by atoms with Gasteiger partial charge in [-0.05, 0) is 30.2 Å². The zero-order valence-corrected chi connectivity index (χ0v) is 15.9. The quantitative estimate of drug-likeness (QED) is 0.598. The summed E-state index contributed by atoms with van der Waals surface area (Å²) >= 11 is 3.32. The van der Waals surface area contributed by atoms with Crippen LogP contribution in [0.25, 0.3) is 0 Å². The molecule has 0 bridgehead atoms. The van der Waals surface area contributed by atoms with Gasteiger partial charge in [0.1, 0.15) is 18.5 Å². The van der Waals surface area contributed by atoms with E-state index < -0.39 is 16.4 Å². The molecule has 2 N–H and O–H groups in total. The minimum atomic E-state index is -4.41. The molecule has 25 heavy (non-hydrogen) atoms. The predicted molar refractivity (Wildman–Crippen MR) is 98.9 cm³/mol. The van der Waals surface area contributed by atoms with Gasteiger partial charge in [-0.1, -0.05) is 52.3 Å². The highest BCUT2D eigenvalue weighted by Gasteiger charge is 2.22. The van der Waals surface area contributed by atoms with Crippen molar-refractivity contribution in [1.29, 1.82) is 0 Å². The Hall–Kier alpha value is -1.45. The van der Waals surface area contributed by atoms with Gasteiger partial charge in [0, 0.05) is 17.6 Å². The number of rotatable bonds is 9. The molecule has 1 atom stereocenters. The third-order valence-electron chi connectivity index (χ3n) is 3.47. The van der Waals surface area contributed by atoms with E-state index in [1.54, 1.807) is 18.2 Å². The summed E-state index contributed by atoms with van der Waals surface area (Å²) in [5, 5.41) is 10.1. The Morgan fingerprint density at radius 3 is 2.48 bits per heavy atom. The second kappa shape index (κ2) is 9.30. The first kappa shape index (κ1) is 19.9. The van der Waals surface area contributed by atoms with Crippen LogP contribution < -0.4 is 4.74 Å². The molecular weight excluding hydrogens is 410 g/mol. The lowest BCUT2D eigenvalue weighted by atomic mass is 10.1. The van der Waals surface area contributed by atoms with Crippen LogP contribution in [-0.4, -0.2) is 48.2 Å². The molecule has 2 aromatic carbocycles. The van der Waals surface area contributed by atoms with Gasteiger partial charge in [-0.15, -0.1) is 0 Å². The van der Waals surface area contributed by atoms with Gasteiger partial charge in [0.2, 0.25) is 0 Å². The Labute approximate surface area is 156 Å². The van der Waals surface area contributed by atoms with Crippen LogP contribution in [-0.2, 0) is 16.7 Å². The molecule has 136 valence electrons. The molecule has 0 aromatic heterocycles. The molecular formula is C17H20BrNO5S. The van der Waals surface area contributed by atoms with Gasteiger partial charge < -0.3 is 9.84 Å².